The van der Waals surface area contributed by atoms with Gasteiger partial charge >= 0.3 is 0 Å². The standard InChI is InChI=1S/C28H48/c1-19(2)8-7-9-21(4)24-14-15-25-23-13-12-22-11-10-20(3)18-28(22,6)26(23)16-17-27(24,25)5/h10-11,19-26H,7-9,12-18H2,1-6H3. The summed E-state index contributed by atoms with van der Waals surface area (Å²) in [6.07, 6.45) is 20.1. The first-order chi connectivity index (χ1) is 13.3. The second-order valence-electron chi connectivity index (χ2n) is 12.7. The molecule has 0 nitrogen and oxygen atoms in total. The van der Waals surface area contributed by atoms with Gasteiger partial charge in [0.15, 0.2) is 0 Å². The number of hydrogen-bond acceptors (Lipinski definition) is 0. The molecule has 0 aliphatic heterocycles. The molecule has 9 atom stereocenters. The van der Waals surface area contributed by atoms with Crippen LogP contribution in [0.5, 0.6) is 0 Å². The van der Waals surface area contributed by atoms with Crippen molar-refractivity contribution in [3.63, 3.8) is 0 Å². The second-order valence-corrected chi connectivity index (χ2v) is 12.7. The molecule has 9 unspecified atom stereocenters. The highest BCUT2D eigenvalue weighted by Gasteiger charge is 2.60. The first-order valence-electron chi connectivity index (χ1n) is 12.9. The molecule has 28 heavy (non-hydrogen) atoms. The van der Waals surface area contributed by atoms with E-state index >= 15 is 0 Å². The van der Waals surface area contributed by atoms with Gasteiger partial charge in [0.05, 0.1) is 0 Å². The van der Waals surface area contributed by atoms with E-state index in [2.05, 4.69) is 53.7 Å². The molecule has 3 saturated carbocycles. The first kappa shape index (κ1) is 21.0. The van der Waals surface area contributed by atoms with Crippen molar-refractivity contribution in [1.82, 2.24) is 0 Å². The summed E-state index contributed by atoms with van der Waals surface area (Å²) >= 11 is 0. The maximum atomic E-state index is 2.74. The summed E-state index contributed by atoms with van der Waals surface area (Å²) in [6, 6.07) is 0. The molecule has 160 valence electrons. The molecular formula is C28H48. The lowest BCUT2D eigenvalue weighted by Gasteiger charge is -2.60. The van der Waals surface area contributed by atoms with Gasteiger partial charge in [-0.3, -0.25) is 0 Å². The van der Waals surface area contributed by atoms with Crippen molar-refractivity contribution >= 4 is 0 Å². The predicted molar refractivity (Wildman–Crippen MR) is 122 cm³/mol. The summed E-state index contributed by atoms with van der Waals surface area (Å²) in [4.78, 5) is 0. The number of hydrogen-bond donors (Lipinski definition) is 0. The first-order valence-corrected chi connectivity index (χ1v) is 12.9. The van der Waals surface area contributed by atoms with E-state index in [4.69, 9.17) is 0 Å². The molecule has 0 aromatic heterocycles. The lowest BCUT2D eigenvalue weighted by Crippen LogP contribution is -2.53. The van der Waals surface area contributed by atoms with Crippen LogP contribution in [-0.2, 0) is 0 Å². The number of allylic oxidation sites excluding steroid dienone is 2. The molecule has 0 amide bonds. The van der Waals surface area contributed by atoms with E-state index in [1.165, 1.54) is 57.8 Å². The molecule has 0 heteroatoms. The Labute approximate surface area is 176 Å². The molecule has 0 radical (unpaired) electrons. The van der Waals surface area contributed by atoms with Crippen LogP contribution in [0, 0.1) is 58.2 Å². The van der Waals surface area contributed by atoms with Crippen molar-refractivity contribution < 1.29 is 0 Å². The van der Waals surface area contributed by atoms with Crippen LogP contribution in [0.15, 0.2) is 12.2 Å². The van der Waals surface area contributed by atoms with Crippen molar-refractivity contribution in [3.05, 3.63) is 12.2 Å². The fourth-order valence-electron chi connectivity index (χ4n) is 9.21. The van der Waals surface area contributed by atoms with Gasteiger partial charge in [0, 0.05) is 0 Å². The van der Waals surface area contributed by atoms with Gasteiger partial charge in [-0.2, -0.15) is 0 Å². The summed E-state index contributed by atoms with van der Waals surface area (Å²) in [6.45, 7) is 15.3. The number of fused-ring (bicyclic) bond motifs is 5. The lowest BCUT2D eigenvalue weighted by atomic mass is 9.44. The topological polar surface area (TPSA) is 0 Å². The third-order valence-corrected chi connectivity index (χ3v) is 10.6. The fourth-order valence-corrected chi connectivity index (χ4v) is 9.21. The molecule has 4 aliphatic carbocycles. The summed E-state index contributed by atoms with van der Waals surface area (Å²) in [7, 11) is 0. The van der Waals surface area contributed by atoms with E-state index in [1.54, 1.807) is 6.42 Å². The van der Waals surface area contributed by atoms with Crippen molar-refractivity contribution in [3.8, 4) is 0 Å². The quantitative estimate of drug-likeness (QED) is 0.417. The predicted octanol–water partition coefficient (Wildman–Crippen LogP) is 8.52. The highest BCUT2D eigenvalue weighted by atomic mass is 14.6. The van der Waals surface area contributed by atoms with E-state index in [1.807, 2.05) is 0 Å². The summed E-state index contributed by atoms with van der Waals surface area (Å²) in [5.41, 5.74) is 1.25. The van der Waals surface area contributed by atoms with Crippen molar-refractivity contribution in [2.75, 3.05) is 0 Å². The molecule has 0 saturated heterocycles. The minimum atomic E-state index is 0.597. The highest BCUT2D eigenvalue weighted by Crippen LogP contribution is 2.68. The monoisotopic (exact) mass is 384 g/mol. The molecule has 0 heterocycles. The van der Waals surface area contributed by atoms with Gasteiger partial charge in [-0.15, -0.1) is 0 Å². The smallest absolute Gasteiger partial charge is 0.0176 e. The third kappa shape index (κ3) is 3.43. The van der Waals surface area contributed by atoms with Crippen LogP contribution in [0.2, 0.25) is 0 Å². The van der Waals surface area contributed by atoms with Crippen LogP contribution in [0.1, 0.15) is 106 Å². The molecule has 0 N–H and O–H groups in total. The number of rotatable bonds is 5. The van der Waals surface area contributed by atoms with Crippen LogP contribution in [0.25, 0.3) is 0 Å². The van der Waals surface area contributed by atoms with E-state index in [9.17, 15) is 0 Å². The maximum Gasteiger partial charge on any atom is -0.0176 e. The average Bonchev–Trinajstić information content (AvgIpc) is 2.98. The molecule has 4 aliphatic rings. The maximum absolute atomic E-state index is 2.74. The van der Waals surface area contributed by atoms with Crippen molar-refractivity contribution in [2.24, 2.45) is 58.2 Å². The zero-order valence-corrected chi connectivity index (χ0v) is 19.8. The van der Waals surface area contributed by atoms with Crippen LogP contribution < -0.4 is 0 Å². The minimum absolute atomic E-state index is 0.597. The Morgan fingerprint density at radius 1 is 0.857 bits per heavy atom. The lowest BCUT2D eigenvalue weighted by molar-refractivity contribution is -0.0994. The van der Waals surface area contributed by atoms with Gasteiger partial charge < -0.3 is 0 Å². The molecule has 0 spiro atoms. The van der Waals surface area contributed by atoms with Gasteiger partial charge in [0.2, 0.25) is 0 Å². The van der Waals surface area contributed by atoms with Gasteiger partial charge in [-0.1, -0.05) is 73.0 Å². The van der Waals surface area contributed by atoms with Gasteiger partial charge in [-0.05, 0) is 103 Å². The van der Waals surface area contributed by atoms with Crippen LogP contribution in [0.3, 0.4) is 0 Å². The van der Waals surface area contributed by atoms with E-state index in [0.717, 1.165) is 47.3 Å². The second kappa shape index (κ2) is 7.77. The Bertz CT molecular complexity index is 573. The molecule has 0 aromatic rings. The van der Waals surface area contributed by atoms with Gasteiger partial charge in [0.25, 0.3) is 0 Å². The van der Waals surface area contributed by atoms with Crippen LogP contribution in [-0.4, -0.2) is 0 Å². The molecule has 4 rings (SSSR count). The Morgan fingerprint density at radius 2 is 1.61 bits per heavy atom. The Morgan fingerprint density at radius 3 is 2.36 bits per heavy atom. The average molecular weight is 385 g/mol. The van der Waals surface area contributed by atoms with Gasteiger partial charge in [-0.25, -0.2) is 0 Å². The van der Waals surface area contributed by atoms with Crippen molar-refractivity contribution in [2.45, 2.75) is 106 Å². The van der Waals surface area contributed by atoms with Crippen LogP contribution >= 0.6 is 0 Å². The van der Waals surface area contributed by atoms with E-state index in [0.29, 0.717) is 10.8 Å². The highest BCUT2D eigenvalue weighted by molar-refractivity contribution is 5.14. The molecule has 0 bridgehead atoms. The Kier molecular flexibility index (Phi) is 5.83. The van der Waals surface area contributed by atoms with Gasteiger partial charge in [0.1, 0.15) is 0 Å². The Hall–Kier alpha value is -0.260. The summed E-state index contributed by atoms with van der Waals surface area (Å²) in [5, 5.41) is 0. The summed E-state index contributed by atoms with van der Waals surface area (Å²) in [5.74, 6) is 7.56. The third-order valence-electron chi connectivity index (χ3n) is 10.6. The Balaban J connectivity index is 1.48. The van der Waals surface area contributed by atoms with Crippen LogP contribution in [0.4, 0.5) is 0 Å². The molecule has 3 fully saturated rings. The normalized spacial score (nSPS) is 48.8. The minimum Gasteiger partial charge on any atom is -0.0854 e. The molecular weight excluding hydrogens is 336 g/mol. The zero-order chi connectivity index (χ0) is 20.1. The summed E-state index contributed by atoms with van der Waals surface area (Å²) < 4.78 is 0. The van der Waals surface area contributed by atoms with E-state index in [-0.39, 0.29) is 0 Å². The van der Waals surface area contributed by atoms with E-state index < -0.39 is 0 Å². The largest absolute Gasteiger partial charge is 0.0854 e. The zero-order valence-electron chi connectivity index (χ0n) is 19.8. The fraction of sp³-hybridized carbons (Fsp3) is 0.929. The SMILES string of the molecule is CC(C)CCCC(C)C1CCC2C3CCC4C=CC(C)CC4(C)C3CCC12C. The van der Waals surface area contributed by atoms with Crippen molar-refractivity contribution in [1.29, 1.82) is 0 Å². The molecule has 0 aromatic carbocycles.